The van der Waals surface area contributed by atoms with Crippen LogP contribution < -0.4 is 0 Å². The first kappa shape index (κ1) is 12.3. The highest BCUT2D eigenvalue weighted by molar-refractivity contribution is 7.98. The fourth-order valence-electron chi connectivity index (χ4n) is 1.76. The van der Waals surface area contributed by atoms with Crippen LogP contribution in [0.15, 0.2) is 0 Å². The summed E-state index contributed by atoms with van der Waals surface area (Å²) in [5.41, 5.74) is 0.594. The van der Waals surface area contributed by atoms with E-state index >= 15 is 0 Å². The first-order valence-corrected chi connectivity index (χ1v) is 6.42. The summed E-state index contributed by atoms with van der Waals surface area (Å²) in [6.07, 6.45) is 6.28. The Bertz CT molecular complexity index is 110. The van der Waals surface area contributed by atoms with Gasteiger partial charge in [-0.05, 0) is 36.2 Å². The zero-order valence-corrected chi connectivity index (χ0v) is 10.1. The highest BCUT2D eigenvalue weighted by Crippen LogP contribution is 2.34. The highest BCUT2D eigenvalue weighted by atomic mass is 32.2. The van der Waals surface area contributed by atoms with Crippen LogP contribution in [0.1, 0.15) is 47.0 Å². The molecule has 1 atom stereocenters. The average molecular weight is 188 g/mol. The van der Waals surface area contributed by atoms with E-state index in [1.54, 1.807) is 0 Å². The molecule has 0 aromatic rings. The van der Waals surface area contributed by atoms with Crippen molar-refractivity contribution >= 4 is 11.8 Å². The molecule has 0 N–H and O–H groups in total. The van der Waals surface area contributed by atoms with Crippen molar-refractivity contribution in [2.45, 2.75) is 47.0 Å². The highest BCUT2D eigenvalue weighted by Gasteiger charge is 2.22. The minimum Gasteiger partial charge on any atom is -0.165 e. The molecule has 0 fully saturated rings. The molecule has 0 nitrogen and oxygen atoms in total. The first-order chi connectivity index (χ1) is 5.54. The van der Waals surface area contributed by atoms with Crippen molar-refractivity contribution in [2.75, 3.05) is 12.0 Å². The van der Waals surface area contributed by atoms with Crippen LogP contribution in [0.5, 0.6) is 0 Å². The van der Waals surface area contributed by atoms with Crippen molar-refractivity contribution in [3.05, 3.63) is 0 Å². The van der Waals surface area contributed by atoms with Crippen molar-refractivity contribution in [1.29, 1.82) is 0 Å². The Morgan fingerprint density at radius 3 is 2.25 bits per heavy atom. The van der Waals surface area contributed by atoms with Gasteiger partial charge in [-0.2, -0.15) is 11.8 Å². The van der Waals surface area contributed by atoms with Gasteiger partial charge in [0.2, 0.25) is 0 Å². The Hall–Kier alpha value is 0.350. The fraction of sp³-hybridized carbons (Fsp3) is 1.00. The maximum atomic E-state index is 2.43. The van der Waals surface area contributed by atoms with Gasteiger partial charge < -0.3 is 0 Å². The minimum absolute atomic E-state index is 0.594. The van der Waals surface area contributed by atoms with E-state index in [2.05, 4.69) is 34.0 Å². The predicted molar refractivity (Wildman–Crippen MR) is 60.9 cm³/mol. The molecule has 0 aromatic heterocycles. The molecule has 1 unspecified atom stereocenters. The summed E-state index contributed by atoms with van der Waals surface area (Å²) in [6, 6.07) is 0. The number of hydrogen-bond donors (Lipinski definition) is 0. The zero-order chi connectivity index (χ0) is 9.61. The molecule has 0 aliphatic heterocycles. The Morgan fingerprint density at radius 1 is 1.33 bits per heavy atom. The van der Waals surface area contributed by atoms with Crippen LogP contribution >= 0.6 is 11.8 Å². The summed E-state index contributed by atoms with van der Waals surface area (Å²) in [5, 5.41) is 0. The van der Waals surface area contributed by atoms with Crippen LogP contribution in [0, 0.1) is 11.3 Å². The van der Waals surface area contributed by atoms with Gasteiger partial charge in [0.15, 0.2) is 0 Å². The second kappa shape index (κ2) is 5.90. The van der Waals surface area contributed by atoms with E-state index in [-0.39, 0.29) is 0 Å². The smallest absolute Gasteiger partial charge is 0.00651 e. The van der Waals surface area contributed by atoms with Gasteiger partial charge in [0.25, 0.3) is 0 Å². The molecular weight excluding hydrogens is 164 g/mol. The number of thioether (sulfide) groups is 1. The van der Waals surface area contributed by atoms with Crippen molar-refractivity contribution in [1.82, 2.24) is 0 Å². The van der Waals surface area contributed by atoms with Crippen LogP contribution in [-0.4, -0.2) is 12.0 Å². The maximum absolute atomic E-state index is 2.43. The van der Waals surface area contributed by atoms with E-state index in [4.69, 9.17) is 0 Å². The number of hydrogen-bond acceptors (Lipinski definition) is 1. The third kappa shape index (κ3) is 5.08. The van der Waals surface area contributed by atoms with Crippen LogP contribution in [0.2, 0.25) is 0 Å². The normalized spacial score (nSPS) is 16.5. The molecule has 0 rings (SSSR count). The van der Waals surface area contributed by atoms with Gasteiger partial charge in [-0.1, -0.05) is 34.1 Å². The topological polar surface area (TPSA) is 0 Å². The van der Waals surface area contributed by atoms with E-state index in [1.807, 2.05) is 11.8 Å². The third-order valence-corrected chi connectivity index (χ3v) is 3.28. The van der Waals surface area contributed by atoms with Gasteiger partial charge in [0.1, 0.15) is 0 Å². The lowest BCUT2D eigenvalue weighted by Gasteiger charge is -2.29. The molecule has 74 valence electrons. The molecule has 0 saturated heterocycles. The lowest BCUT2D eigenvalue weighted by molar-refractivity contribution is 0.238. The molecule has 0 saturated carbocycles. The third-order valence-electron chi connectivity index (χ3n) is 2.66. The molecule has 0 amide bonds. The van der Waals surface area contributed by atoms with E-state index in [0.717, 1.165) is 5.92 Å². The standard InChI is InChI=1S/C11H24S/c1-6-11(4,7-8-12-5)9-10(2)3/h10H,6-9H2,1-5H3. The lowest BCUT2D eigenvalue weighted by atomic mass is 9.78. The fourth-order valence-corrected chi connectivity index (χ4v) is 2.45. The molecule has 0 radical (unpaired) electrons. The largest absolute Gasteiger partial charge is 0.165 e. The van der Waals surface area contributed by atoms with Gasteiger partial charge >= 0.3 is 0 Å². The van der Waals surface area contributed by atoms with Crippen molar-refractivity contribution in [3.63, 3.8) is 0 Å². The van der Waals surface area contributed by atoms with Gasteiger partial charge in [-0.3, -0.25) is 0 Å². The molecule has 0 aliphatic rings. The summed E-state index contributed by atoms with van der Waals surface area (Å²) >= 11 is 1.97. The molecule has 0 bridgehead atoms. The zero-order valence-electron chi connectivity index (χ0n) is 9.31. The molecule has 1 heteroatoms. The first-order valence-electron chi connectivity index (χ1n) is 5.03. The van der Waals surface area contributed by atoms with Crippen molar-refractivity contribution < 1.29 is 0 Å². The molecular formula is C11H24S. The second-order valence-electron chi connectivity index (χ2n) is 4.50. The van der Waals surface area contributed by atoms with Gasteiger partial charge in [0.05, 0.1) is 0 Å². The summed E-state index contributed by atoms with van der Waals surface area (Å²) in [4.78, 5) is 0. The number of rotatable bonds is 6. The van der Waals surface area contributed by atoms with Crippen LogP contribution in [-0.2, 0) is 0 Å². The van der Waals surface area contributed by atoms with Gasteiger partial charge in [-0.15, -0.1) is 0 Å². The van der Waals surface area contributed by atoms with E-state index in [1.165, 1.54) is 25.0 Å². The Labute approximate surface area is 82.5 Å². The monoisotopic (exact) mass is 188 g/mol. The minimum atomic E-state index is 0.594. The SMILES string of the molecule is CCC(C)(CCSC)CC(C)C. The quantitative estimate of drug-likeness (QED) is 0.602. The average Bonchev–Trinajstić information content (AvgIpc) is 2.00. The summed E-state index contributed by atoms with van der Waals surface area (Å²) in [7, 11) is 0. The maximum Gasteiger partial charge on any atom is -0.00651 e. The van der Waals surface area contributed by atoms with Crippen molar-refractivity contribution in [2.24, 2.45) is 11.3 Å². The van der Waals surface area contributed by atoms with Crippen LogP contribution in [0.3, 0.4) is 0 Å². The second-order valence-corrected chi connectivity index (χ2v) is 5.49. The summed E-state index contributed by atoms with van der Waals surface area (Å²) in [6.45, 7) is 9.41. The Morgan fingerprint density at radius 2 is 1.92 bits per heavy atom. The Kier molecular flexibility index (Phi) is 6.08. The van der Waals surface area contributed by atoms with E-state index < -0.39 is 0 Å². The molecule has 12 heavy (non-hydrogen) atoms. The molecule has 0 aromatic carbocycles. The van der Waals surface area contributed by atoms with Crippen LogP contribution in [0.25, 0.3) is 0 Å². The van der Waals surface area contributed by atoms with Gasteiger partial charge in [-0.25, -0.2) is 0 Å². The van der Waals surface area contributed by atoms with E-state index in [9.17, 15) is 0 Å². The summed E-state index contributed by atoms with van der Waals surface area (Å²) in [5.74, 6) is 2.16. The van der Waals surface area contributed by atoms with Crippen LogP contribution in [0.4, 0.5) is 0 Å². The van der Waals surface area contributed by atoms with Crippen molar-refractivity contribution in [3.8, 4) is 0 Å². The molecule has 0 aliphatic carbocycles. The lowest BCUT2D eigenvalue weighted by Crippen LogP contribution is -2.18. The molecule has 0 spiro atoms. The Balaban J connectivity index is 3.86. The summed E-state index contributed by atoms with van der Waals surface area (Å²) < 4.78 is 0. The predicted octanol–water partition coefficient (Wildman–Crippen LogP) is 4.20. The van der Waals surface area contributed by atoms with Gasteiger partial charge in [0, 0.05) is 0 Å². The molecule has 0 heterocycles. The van der Waals surface area contributed by atoms with E-state index in [0.29, 0.717) is 5.41 Å².